The highest BCUT2D eigenvalue weighted by Crippen LogP contribution is 2.19. The molecule has 2 amide bonds. The highest BCUT2D eigenvalue weighted by atomic mass is 19.1. The second kappa shape index (κ2) is 7.29. The molecular weight excluding hydrogens is 311 g/mol. The van der Waals surface area contributed by atoms with Gasteiger partial charge in [0.05, 0.1) is 18.7 Å². The van der Waals surface area contributed by atoms with E-state index in [1.54, 1.807) is 23.3 Å². The molecule has 0 saturated carbocycles. The summed E-state index contributed by atoms with van der Waals surface area (Å²) in [6.45, 7) is 1.33. The molecule has 1 aromatic heterocycles. The van der Waals surface area contributed by atoms with Gasteiger partial charge in [-0.05, 0) is 49.2 Å². The van der Waals surface area contributed by atoms with Gasteiger partial charge in [0.25, 0.3) is 5.91 Å². The van der Waals surface area contributed by atoms with Crippen LogP contribution in [0.15, 0.2) is 47.1 Å². The van der Waals surface area contributed by atoms with Crippen LogP contribution in [0.3, 0.4) is 0 Å². The zero-order valence-electron chi connectivity index (χ0n) is 13.2. The van der Waals surface area contributed by atoms with Gasteiger partial charge in [-0.1, -0.05) is 0 Å². The monoisotopic (exact) mass is 330 g/mol. The summed E-state index contributed by atoms with van der Waals surface area (Å²) in [5.74, 6) is -0.168. The molecule has 1 atom stereocenters. The Morgan fingerprint density at radius 1 is 1.25 bits per heavy atom. The smallest absolute Gasteiger partial charge is 0.253 e. The number of amides is 2. The Balaban J connectivity index is 1.58. The number of rotatable bonds is 4. The number of piperidine rings is 1. The average molecular weight is 330 g/mol. The Hall–Kier alpha value is -2.63. The van der Waals surface area contributed by atoms with E-state index in [1.807, 2.05) is 0 Å². The molecule has 3 rings (SSSR count). The largest absolute Gasteiger partial charge is 0.467 e. The van der Waals surface area contributed by atoms with Crippen molar-refractivity contribution in [2.45, 2.75) is 19.4 Å². The van der Waals surface area contributed by atoms with Crippen LogP contribution in [0.5, 0.6) is 0 Å². The van der Waals surface area contributed by atoms with Crippen LogP contribution in [0, 0.1) is 11.7 Å². The summed E-state index contributed by atoms with van der Waals surface area (Å²) in [5.41, 5.74) is 0.438. The molecule has 1 aromatic carbocycles. The number of benzene rings is 1. The zero-order valence-corrected chi connectivity index (χ0v) is 13.2. The fraction of sp³-hybridized carbons (Fsp3) is 0.333. The van der Waals surface area contributed by atoms with Crippen molar-refractivity contribution in [2.24, 2.45) is 5.92 Å². The first-order valence-corrected chi connectivity index (χ1v) is 7.98. The summed E-state index contributed by atoms with van der Waals surface area (Å²) in [4.78, 5) is 26.4. The number of hydrogen-bond acceptors (Lipinski definition) is 3. The van der Waals surface area contributed by atoms with Gasteiger partial charge < -0.3 is 14.6 Å². The Labute approximate surface area is 139 Å². The van der Waals surface area contributed by atoms with Gasteiger partial charge in [-0.2, -0.15) is 0 Å². The van der Waals surface area contributed by atoms with Crippen molar-refractivity contribution < 1.29 is 18.4 Å². The normalized spacial score (nSPS) is 17.5. The average Bonchev–Trinajstić information content (AvgIpc) is 3.13. The SMILES string of the molecule is O=C(NCc1ccco1)[C@H]1CCCN(C(=O)c2ccc(F)cc2)C1. The van der Waals surface area contributed by atoms with E-state index < -0.39 is 0 Å². The van der Waals surface area contributed by atoms with Crippen LogP contribution < -0.4 is 5.32 Å². The molecule has 1 fully saturated rings. The summed E-state index contributed by atoms with van der Waals surface area (Å²) in [5, 5.41) is 2.84. The maximum absolute atomic E-state index is 13.0. The maximum Gasteiger partial charge on any atom is 0.253 e. The zero-order chi connectivity index (χ0) is 16.9. The molecule has 5 nitrogen and oxygen atoms in total. The molecule has 0 radical (unpaired) electrons. The number of nitrogens with zero attached hydrogens (tertiary/aromatic N) is 1. The molecule has 2 aromatic rings. The lowest BCUT2D eigenvalue weighted by Gasteiger charge is -2.32. The van der Waals surface area contributed by atoms with Gasteiger partial charge in [-0.15, -0.1) is 0 Å². The Morgan fingerprint density at radius 3 is 2.75 bits per heavy atom. The summed E-state index contributed by atoms with van der Waals surface area (Å²) < 4.78 is 18.2. The quantitative estimate of drug-likeness (QED) is 0.937. The maximum atomic E-state index is 13.0. The second-order valence-corrected chi connectivity index (χ2v) is 5.89. The second-order valence-electron chi connectivity index (χ2n) is 5.89. The Morgan fingerprint density at radius 2 is 2.04 bits per heavy atom. The van der Waals surface area contributed by atoms with Crippen LogP contribution >= 0.6 is 0 Å². The molecule has 0 bridgehead atoms. The molecule has 0 spiro atoms. The van der Waals surface area contributed by atoms with Crippen molar-refractivity contribution in [1.29, 1.82) is 0 Å². The summed E-state index contributed by atoms with van der Waals surface area (Å²) in [6, 6.07) is 9.04. The molecule has 1 saturated heterocycles. The molecule has 1 N–H and O–H groups in total. The van der Waals surface area contributed by atoms with Crippen molar-refractivity contribution in [3.63, 3.8) is 0 Å². The first-order chi connectivity index (χ1) is 11.6. The van der Waals surface area contributed by atoms with E-state index in [-0.39, 0.29) is 23.5 Å². The van der Waals surface area contributed by atoms with Crippen LogP contribution in [0.1, 0.15) is 29.0 Å². The lowest BCUT2D eigenvalue weighted by molar-refractivity contribution is -0.126. The van der Waals surface area contributed by atoms with E-state index in [4.69, 9.17) is 4.42 Å². The number of carbonyl (C=O) groups excluding carboxylic acids is 2. The predicted octanol–water partition coefficient (Wildman–Crippen LogP) is 2.59. The van der Waals surface area contributed by atoms with E-state index in [0.717, 1.165) is 12.8 Å². The van der Waals surface area contributed by atoms with Crippen molar-refractivity contribution in [1.82, 2.24) is 10.2 Å². The standard InChI is InChI=1S/C18H19FN2O3/c19-15-7-5-13(6-8-15)18(23)21-9-1-3-14(12-21)17(22)20-11-16-4-2-10-24-16/h2,4-8,10,14H,1,3,9,11-12H2,(H,20,22)/t14-/m0/s1. The summed E-state index contributed by atoms with van der Waals surface area (Å²) in [6.07, 6.45) is 3.08. The van der Waals surface area contributed by atoms with Gasteiger partial charge in [0.2, 0.25) is 5.91 Å². The van der Waals surface area contributed by atoms with E-state index in [0.29, 0.717) is 31.0 Å². The van der Waals surface area contributed by atoms with Crippen LogP contribution in [0.4, 0.5) is 4.39 Å². The lowest BCUT2D eigenvalue weighted by Crippen LogP contribution is -2.45. The first-order valence-electron chi connectivity index (χ1n) is 7.98. The van der Waals surface area contributed by atoms with Crippen molar-refractivity contribution in [2.75, 3.05) is 13.1 Å². The summed E-state index contributed by atoms with van der Waals surface area (Å²) >= 11 is 0. The van der Waals surface area contributed by atoms with Gasteiger partial charge in [0, 0.05) is 18.7 Å². The van der Waals surface area contributed by atoms with E-state index in [2.05, 4.69) is 5.32 Å². The van der Waals surface area contributed by atoms with Gasteiger partial charge in [-0.3, -0.25) is 9.59 Å². The third kappa shape index (κ3) is 3.82. The molecular formula is C18H19FN2O3. The Bertz CT molecular complexity index is 698. The minimum absolute atomic E-state index is 0.0805. The topological polar surface area (TPSA) is 62.6 Å². The molecule has 2 heterocycles. The van der Waals surface area contributed by atoms with Crippen molar-refractivity contribution in [3.05, 3.63) is 59.8 Å². The number of nitrogens with one attached hydrogen (secondary N) is 1. The first kappa shape index (κ1) is 16.2. The van der Waals surface area contributed by atoms with Crippen LogP contribution in [-0.2, 0) is 11.3 Å². The third-order valence-electron chi connectivity index (χ3n) is 4.19. The fourth-order valence-electron chi connectivity index (χ4n) is 2.88. The number of furan rings is 1. The molecule has 24 heavy (non-hydrogen) atoms. The van der Waals surface area contributed by atoms with Gasteiger partial charge in [0.15, 0.2) is 0 Å². The van der Waals surface area contributed by atoms with Crippen LogP contribution in [-0.4, -0.2) is 29.8 Å². The van der Waals surface area contributed by atoms with Gasteiger partial charge in [-0.25, -0.2) is 4.39 Å². The van der Waals surface area contributed by atoms with Gasteiger partial charge in [0.1, 0.15) is 11.6 Å². The molecule has 6 heteroatoms. The number of likely N-dealkylation sites (tertiary alicyclic amines) is 1. The molecule has 1 aliphatic rings. The van der Waals surface area contributed by atoms with E-state index in [9.17, 15) is 14.0 Å². The van der Waals surface area contributed by atoms with E-state index in [1.165, 1.54) is 24.3 Å². The third-order valence-corrected chi connectivity index (χ3v) is 4.19. The molecule has 1 aliphatic heterocycles. The minimum Gasteiger partial charge on any atom is -0.467 e. The Kier molecular flexibility index (Phi) is 4.93. The predicted molar refractivity (Wildman–Crippen MR) is 85.6 cm³/mol. The van der Waals surface area contributed by atoms with Crippen LogP contribution in [0.25, 0.3) is 0 Å². The van der Waals surface area contributed by atoms with Crippen molar-refractivity contribution >= 4 is 11.8 Å². The van der Waals surface area contributed by atoms with Crippen LogP contribution in [0.2, 0.25) is 0 Å². The number of carbonyl (C=O) groups is 2. The molecule has 126 valence electrons. The number of hydrogen-bond donors (Lipinski definition) is 1. The van der Waals surface area contributed by atoms with Crippen molar-refractivity contribution in [3.8, 4) is 0 Å². The fourth-order valence-corrected chi connectivity index (χ4v) is 2.88. The number of halogens is 1. The van der Waals surface area contributed by atoms with Gasteiger partial charge >= 0.3 is 0 Å². The highest BCUT2D eigenvalue weighted by molar-refractivity contribution is 5.94. The minimum atomic E-state index is -0.375. The summed E-state index contributed by atoms with van der Waals surface area (Å²) in [7, 11) is 0. The van der Waals surface area contributed by atoms with E-state index >= 15 is 0 Å². The highest BCUT2D eigenvalue weighted by Gasteiger charge is 2.28. The molecule has 0 aliphatic carbocycles. The lowest BCUT2D eigenvalue weighted by atomic mass is 9.96. The molecule has 0 unspecified atom stereocenters.